The number of alkyl halides is 6. The molecule has 264 valence electrons. The smallest absolute Gasteiger partial charge is 0.368 e. The van der Waals surface area contributed by atoms with E-state index in [1.165, 1.54) is 0 Å². The second-order valence-electron chi connectivity index (χ2n) is 12.0. The number of hydrogen-bond acceptors (Lipinski definition) is 9. The molecule has 0 aliphatic carbocycles. The second-order valence-corrected chi connectivity index (χ2v) is 13.9. The third kappa shape index (κ3) is 8.48. The van der Waals surface area contributed by atoms with Crippen LogP contribution in [0.15, 0.2) is 69.9 Å². The van der Waals surface area contributed by atoms with E-state index >= 15 is 0 Å². The molecule has 0 bridgehead atoms. The van der Waals surface area contributed by atoms with Crippen molar-refractivity contribution in [3.63, 3.8) is 0 Å². The van der Waals surface area contributed by atoms with Crippen LogP contribution in [0.1, 0.15) is 37.1 Å². The van der Waals surface area contributed by atoms with Gasteiger partial charge in [-0.3, -0.25) is 4.79 Å². The highest BCUT2D eigenvalue weighted by atomic mass is 79.9. The van der Waals surface area contributed by atoms with Crippen molar-refractivity contribution in [1.82, 2.24) is 19.9 Å². The minimum Gasteiger partial charge on any atom is -0.368 e. The van der Waals surface area contributed by atoms with Crippen LogP contribution in [0.3, 0.4) is 0 Å². The summed E-state index contributed by atoms with van der Waals surface area (Å²) in [5.41, 5.74) is -1.42. The molecule has 0 saturated carbocycles. The van der Waals surface area contributed by atoms with Crippen molar-refractivity contribution in [3.05, 3.63) is 81.3 Å². The summed E-state index contributed by atoms with van der Waals surface area (Å²) < 4.78 is 86.2. The Bertz CT molecular complexity index is 1710. The molecule has 2 aliphatic heterocycles. The summed E-state index contributed by atoms with van der Waals surface area (Å²) >= 11 is 6.64. The molecule has 2 N–H and O–H groups in total. The van der Waals surface area contributed by atoms with Gasteiger partial charge in [-0.15, -0.1) is 0 Å². The zero-order chi connectivity index (χ0) is 35.6. The first-order chi connectivity index (χ1) is 23.7. The molecule has 17 heteroatoms. The third-order valence-corrected chi connectivity index (χ3v) is 9.70. The summed E-state index contributed by atoms with van der Waals surface area (Å²) in [5, 5.41) is 5.59. The minimum atomic E-state index is -4.74. The number of piperidine rings is 2. The summed E-state index contributed by atoms with van der Waals surface area (Å²) in [4.78, 5) is 32.4. The van der Waals surface area contributed by atoms with Crippen molar-refractivity contribution in [2.24, 2.45) is 11.8 Å². The van der Waals surface area contributed by atoms with Crippen LogP contribution < -0.4 is 20.4 Å². The SMILES string of the molecule is O=C(C1CCN(c2cnc(Nc3cccc(Br)c3)nc2C(F)(F)F)CC1)C1CCN(c2cnc(Nc3cccc(Br)c3)nc2C(F)(F)F)CC1. The third-order valence-electron chi connectivity index (χ3n) is 8.71. The lowest BCUT2D eigenvalue weighted by Gasteiger charge is -2.37. The van der Waals surface area contributed by atoms with E-state index in [0.29, 0.717) is 37.1 Å². The topological polar surface area (TPSA) is 99.2 Å². The van der Waals surface area contributed by atoms with Gasteiger partial charge in [0.25, 0.3) is 0 Å². The summed E-state index contributed by atoms with van der Waals surface area (Å²) in [5.74, 6) is -1.14. The van der Waals surface area contributed by atoms with Gasteiger partial charge in [0.2, 0.25) is 11.9 Å². The molecule has 2 aromatic carbocycles. The number of benzene rings is 2. The van der Waals surface area contributed by atoms with Crippen LogP contribution in [0.4, 0.5) is 61.0 Å². The van der Waals surface area contributed by atoms with E-state index in [9.17, 15) is 31.1 Å². The van der Waals surface area contributed by atoms with Gasteiger partial charge in [-0.25, -0.2) is 19.9 Å². The number of aromatic nitrogens is 4. The molecule has 2 fully saturated rings. The van der Waals surface area contributed by atoms with Gasteiger partial charge >= 0.3 is 12.4 Å². The zero-order valence-electron chi connectivity index (χ0n) is 26.2. The highest BCUT2D eigenvalue weighted by molar-refractivity contribution is 9.10. The van der Waals surface area contributed by atoms with Gasteiger partial charge in [-0.05, 0) is 62.1 Å². The standard InChI is InChI=1S/C33H30Br2F6N8O/c34-21-3-1-5-23(15-21)44-30-42-17-25(28(46-30)32(36,37)38)48-11-7-19(8-12-48)27(50)20-9-13-49(14-10-20)26-18-43-31(47-29(26)33(39,40)41)45-24-6-2-4-22(35)16-24/h1-6,15-20H,7-14H2,(H,42,44,46)(H,43,45,47). The Morgan fingerprint density at radius 3 is 1.38 bits per heavy atom. The second kappa shape index (κ2) is 14.7. The number of halogens is 8. The summed E-state index contributed by atoms with van der Waals surface area (Å²) in [6.07, 6.45) is -5.81. The predicted molar refractivity (Wildman–Crippen MR) is 184 cm³/mol. The maximum absolute atomic E-state index is 14.1. The molecule has 0 unspecified atom stereocenters. The number of anilines is 6. The monoisotopic (exact) mass is 826 g/mol. The number of hydrogen-bond donors (Lipinski definition) is 2. The fourth-order valence-corrected chi connectivity index (χ4v) is 7.08. The number of nitrogens with one attached hydrogen (secondary N) is 2. The molecule has 2 saturated heterocycles. The van der Waals surface area contributed by atoms with Crippen molar-refractivity contribution in [2.45, 2.75) is 38.0 Å². The molecule has 0 radical (unpaired) electrons. The molecule has 0 atom stereocenters. The summed E-state index contributed by atoms with van der Waals surface area (Å²) in [6.45, 7) is 0.804. The van der Waals surface area contributed by atoms with E-state index in [4.69, 9.17) is 0 Å². The molecule has 6 rings (SSSR count). The van der Waals surface area contributed by atoms with Gasteiger partial charge in [0, 0.05) is 58.3 Å². The van der Waals surface area contributed by atoms with E-state index in [2.05, 4.69) is 62.4 Å². The van der Waals surface area contributed by atoms with Gasteiger partial charge in [-0.1, -0.05) is 44.0 Å². The molecule has 0 amide bonds. The largest absolute Gasteiger partial charge is 0.435 e. The lowest BCUT2D eigenvalue weighted by atomic mass is 9.81. The Labute approximate surface area is 300 Å². The van der Waals surface area contributed by atoms with Crippen molar-refractivity contribution in [1.29, 1.82) is 0 Å². The average Bonchev–Trinajstić information content (AvgIpc) is 3.07. The molecule has 2 aliphatic rings. The van der Waals surface area contributed by atoms with Crippen LogP contribution in [0, 0.1) is 11.8 Å². The first-order valence-corrected chi connectivity index (χ1v) is 17.3. The normalized spacial score (nSPS) is 16.4. The molecule has 0 spiro atoms. The van der Waals surface area contributed by atoms with Gasteiger partial charge in [0.05, 0.1) is 23.8 Å². The van der Waals surface area contributed by atoms with Crippen molar-refractivity contribution < 1.29 is 31.1 Å². The highest BCUT2D eigenvalue weighted by Gasteiger charge is 2.41. The fraction of sp³-hybridized carbons (Fsp3) is 0.364. The van der Waals surface area contributed by atoms with E-state index in [1.807, 2.05) is 0 Å². The van der Waals surface area contributed by atoms with Crippen molar-refractivity contribution in [2.75, 3.05) is 46.6 Å². The van der Waals surface area contributed by atoms with Crippen molar-refractivity contribution in [3.8, 4) is 0 Å². The lowest BCUT2D eigenvalue weighted by Crippen LogP contribution is -2.42. The average molecular weight is 828 g/mol. The molecule has 2 aromatic heterocycles. The van der Waals surface area contributed by atoms with Crippen LogP contribution in [0.5, 0.6) is 0 Å². The number of carbonyl (C=O) groups excluding carboxylic acids is 1. The van der Waals surface area contributed by atoms with E-state index in [1.54, 1.807) is 58.3 Å². The Morgan fingerprint density at radius 1 is 0.660 bits per heavy atom. The van der Waals surface area contributed by atoms with Crippen LogP contribution in [-0.4, -0.2) is 51.9 Å². The Hall–Kier alpha value is -3.99. The van der Waals surface area contributed by atoms with Crippen molar-refractivity contribution >= 4 is 72.3 Å². The van der Waals surface area contributed by atoms with E-state index in [-0.39, 0.29) is 67.1 Å². The molecule has 50 heavy (non-hydrogen) atoms. The predicted octanol–water partition coefficient (Wildman–Crippen LogP) is 9.02. The van der Waals surface area contributed by atoms with Gasteiger partial charge in [-0.2, -0.15) is 26.3 Å². The molecule has 4 aromatic rings. The summed E-state index contributed by atoms with van der Waals surface area (Å²) in [7, 11) is 0. The zero-order valence-corrected chi connectivity index (χ0v) is 29.4. The summed E-state index contributed by atoms with van der Waals surface area (Å²) in [6, 6.07) is 13.7. The molecule has 4 heterocycles. The number of rotatable bonds is 8. The first kappa shape index (κ1) is 35.8. The minimum absolute atomic E-state index is 0.00831. The van der Waals surface area contributed by atoms with E-state index < -0.39 is 23.7 Å². The molecular formula is C33H30Br2F6N8O. The highest BCUT2D eigenvalue weighted by Crippen LogP contribution is 2.40. The number of Topliss-reactive ketones (excluding diaryl/α,β-unsaturated/α-hetero) is 1. The Kier molecular flexibility index (Phi) is 10.5. The van der Waals surface area contributed by atoms with Crippen LogP contribution >= 0.6 is 31.9 Å². The van der Waals surface area contributed by atoms with Crippen LogP contribution in [-0.2, 0) is 17.1 Å². The Morgan fingerprint density at radius 2 is 1.04 bits per heavy atom. The quantitative estimate of drug-likeness (QED) is 0.169. The van der Waals surface area contributed by atoms with E-state index in [0.717, 1.165) is 21.3 Å². The van der Waals surface area contributed by atoms with Gasteiger partial charge in [0.15, 0.2) is 11.4 Å². The van der Waals surface area contributed by atoms with Crippen LogP contribution in [0.25, 0.3) is 0 Å². The van der Waals surface area contributed by atoms with Gasteiger partial charge < -0.3 is 20.4 Å². The Balaban J connectivity index is 1.07. The van der Waals surface area contributed by atoms with Gasteiger partial charge in [0.1, 0.15) is 5.78 Å². The first-order valence-electron chi connectivity index (χ1n) is 15.7. The number of nitrogens with zero attached hydrogens (tertiary/aromatic N) is 6. The molecule has 9 nitrogen and oxygen atoms in total. The lowest BCUT2D eigenvalue weighted by molar-refractivity contribution is -0.141. The maximum Gasteiger partial charge on any atom is 0.435 e. The fourth-order valence-electron chi connectivity index (χ4n) is 6.29. The maximum atomic E-state index is 14.1. The number of carbonyl (C=O) groups is 1. The number of ketones is 1. The van der Waals surface area contributed by atoms with Crippen LogP contribution in [0.2, 0.25) is 0 Å². The molecular weight excluding hydrogens is 798 g/mol.